The van der Waals surface area contributed by atoms with Crippen molar-refractivity contribution in [2.45, 2.75) is 13.8 Å². The average Bonchev–Trinajstić information content (AvgIpc) is 3.02. The van der Waals surface area contributed by atoms with E-state index in [-0.39, 0.29) is 5.91 Å². The molecule has 2 aromatic heterocycles. The molecule has 3 rings (SSSR count). The Balaban J connectivity index is 1.84. The highest BCUT2D eigenvalue weighted by molar-refractivity contribution is 6.03. The quantitative estimate of drug-likeness (QED) is 0.782. The van der Waals surface area contributed by atoms with Gasteiger partial charge in [-0.15, -0.1) is 0 Å². The number of imidazole rings is 1. The van der Waals surface area contributed by atoms with Crippen LogP contribution in [0.3, 0.4) is 0 Å². The number of carbonyl (C=O) groups excluding carboxylic acids is 1. The number of rotatable bonds is 5. The number of anilines is 1. The molecular formula is C18H19N3O3. The largest absolute Gasteiger partial charge is 0.493 e. The molecule has 0 radical (unpaired) electrons. The van der Waals surface area contributed by atoms with Crippen molar-refractivity contribution in [2.75, 3.05) is 19.0 Å². The van der Waals surface area contributed by atoms with Gasteiger partial charge in [-0.3, -0.25) is 4.79 Å². The van der Waals surface area contributed by atoms with Gasteiger partial charge in [-0.25, -0.2) is 4.98 Å². The van der Waals surface area contributed by atoms with E-state index in [9.17, 15) is 4.79 Å². The lowest BCUT2D eigenvalue weighted by molar-refractivity contribution is 0.102. The van der Waals surface area contributed by atoms with E-state index in [1.165, 1.54) is 0 Å². The number of carbonyl (C=O) groups is 1. The van der Waals surface area contributed by atoms with Crippen molar-refractivity contribution in [1.29, 1.82) is 0 Å². The second-order valence-corrected chi connectivity index (χ2v) is 5.27. The zero-order valence-electron chi connectivity index (χ0n) is 13.9. The molecule has 6 nitrogen and oxygen atoms in total. The van der Waals surface area contributed by atoms with E-state index in [1.807, 2.05) is 36.4 Å². The molecule has 0 bridgehead atoms. The van der Waals surface area contributed by atoms with E-state index < -0.39 is 0 Å². The van der Waals surface area contributed by atoms with Gasteiger partial charge in [0.2, 0.25) is 0 Å². The monoisotopic (exact) mass is 325 g/mol. The van der Waals surface area contributed by atoms with E-state index in [0.29, 0.717) is 29.5 Å². The van der Waals surface area contributed by atoms with Crippen LogP contribution in [-0.2, 0) is 0 Å². The van der Waals surface area contributed by atoms with Crippen molar-refractivity contribution in [3.8, 4) is 11.5 Å². The van der Waals surface area contributed by atoms with Crippen LogP contribution >= 0.6 is 0 Å². The smallest absolute Gasteiger partial charge is 0.275 e. The van der Waals surface area contributed by atoms with Crippen LogP contribution in [0.1, 0.15) is 23.1 Å². The lowest BCUT2D eigenvalue weighted by Crippen LogP contribution is -2.12. The number of amides is 1. The van der Waals surface area contributed by atoms with E-state index >= 15 is 0 Å². The van der Waals surface area contributed by atoms with Gasteiger partial charge in [-0.2, -0.15) is 0 Å². The molecule has 0 saturated heterocycles. The van der Waals surface area contributed by atoms with Gasteiger partial charge in [0.25, 0.3) is 5.91 Å². The van der Waals surface area contributed by atoms with E-state index in [2.05, 4.69) is 10.3 Å². The van der Waals surface area contributed by atoms with Gasteiger partial charge in [0, 0.05) is 23.6 Å². The summed E-state index contributed by atoms with van der Waals surface area (Å²) < 4.78 is 12.6. The van der Waals surface area contributed by atoms with Crippen molar-refractivity contribution in [1.82, 2.24) is 9.38 Å². The Morgan fingerprint density at radius 1 is 1.25 bits per heavy atom. The molecule has 0 unspecified atom stereocenters. The molecule has 0 aliphatic heterocycles. The third-order valence-corrected chi connectivity index (χ3v) is 3.65. The number of nitrogens with one attached hydrogen (secondary N) is 1. The predicted octanol–water partition coefficient (Wildman–Crippen LogP) is 3.30. The summed E-state index contributed by atoms with van der Waals surface area (Å²) in [6.45, 7) is 4.41. The summed E-state index contributed by atoms with van der Waals surface area (Å²) in [4.78, 5) is 16.8. The first kappa shape index (κ1) is 15.9. The van der Waals surface area contributed by atoms with Crippen LogP contribution < -0.4 is 14.8 Å². The maximum absolute atomic E-state index is 12.4. The number of aryl methyl sites for hydroxylation is 1. The summed E-state index contributed by atoms with van der Waals surface area (Å²) in [7, 11) is 1.56. The topological polar surface area (TPSA) is 64.9 Å². The Hall–Kier alpha value is -3.02. The molecule has 0 atom stereocenters. The maximum Gasteiger partial charge on any atom is 0.275 e. The highest BCUT2D eigenvalue weighted by Crippen LogP contribution is 2.30. The first-order chi connectivity index (χ1) is 11.6. The normalized spacial score (nSPS) is 10.6. The van der Waals surface area contributed by atoms with Crippen molar-refractivity contribution in [2.24, 2.45) is 0 Å². The molecule has 124 valence electrons. The molecule has 1 amide bonds. The molecule has 0 saturated carbocycles. The first-order valence-electron chi connectivity index (χ1n) is 7.69. The Morgan fingerprint density at radius 3 is 2.79 bits per heavy atom. The maximum atomic E-state index is 12.4. The number of benzene rings is 1. The number of fused-ring (bicyclic) bond motifs is 1. The number of methoxy groups -OCH3 is 1. The van der Waals surface area contributed by atoms with Crippen LogP contribution in [0.4, 0.5) is 5.69 Å². The first-order valence-corrected chi connectivity index (χ1v) is 7.69. The predicted molar refractivity (Wildman–Crippen MR) is 92.0 cm³/mol. The molecule has 0 aliphatic rings. The van der Waals surface area contributed by atoms with Gasteiger partial charge in [0.05, 0.1) is 13.7 Å². The Labute approximate surface area is 140 Å². The fourth-order valence-electron chi connectivity index (χ4n) is 2.47. The summed E-state index contributed by atoms with van der Waals surface area (Å²) >= 11 is 0. The van der Waals surface area contributed by atoms with Crippen molar-refractivity contribution in [3.05, 3.63) is 54.0 Å². The lowest BCUT2D eigenvalue weighted by atomic mass is 10.2. The Bertz CT molecular complexity index is 886. The van der Waals surface area contributed by atoms with Crippen molar-refractivity contribution < 1.29 is 14.3 Å². The Morgan fingerprint density at radius 2 is 2.08 bits per heavy atom. The average molecular weight is 325 g/mol. The van der Waals surface area contributed by atoms with Crippen LogP contribution in [0.25, 0.3) is 5.65 Å². The van der Waals surface area contributed by atoms with Gasteiger partial charge < -0.3 is 19.2 Å². The molecular weight excluding hydrogens is 306 g/mol. The standard InChI is InChI=1S/C18H19N3O3/c1-4-24-15-9-8-13(10-16(15)23-3)19-18(22)14-11-21-12(2)6-5-7-17(21)20-14/h5-11H,4H2,1-3H3,(H,19,22). The van der Waals surface area contributed by atoms with Gasteiger partial charge >= 0.3 is 0 Å². The number of aromatic nitrogens is 2. The number of pyridine rings is 1. The molecule has 1 aromatic carbocycles. The van der Waals surface area contributed by atoms with Gasteiger partial charge in [-0.1, -0.05) is 6.07 Å². The van der Waals surface area contributed by atoms with Crippen LogP contribution in [0.5, 0.6) is 11.5 Å². The lowest BCUT2D eigenvalue weighted by Gasteiger charge is -2.11. The molecule has 0 aliphatic carbocycles. The second kappa shape index (κ2) is 6.62. The van der Waals surface area contributed by atoms with Crippen LogP contribution in [0.15, 0.2) is 42.6 Å². The van der Waals surface area contributed by atoms with Crippen molar-refractivity contribution in [3.63, 3.8) is 0 Å². The second-order valence-electron chi connectivity index (χ2n) is 5.27. The summed E-state index contributed by atoms with van der Waals surface area (Å²) in [5.41, 5.74) is 2.73. The number of hydrogen-bond acceptors (Lipinski definition) is 4. The minimum Gasteiger partial charge on any atom is -0.493 e. The number of hydrogen-bond donors (Lipinski definition) is 1. The zero-order valence-corrected chi connectivity index (χ0v) is 13.9. The highest BCUT2D eigenvalue weighted by Gasteiger charge is 2.13. The van der Waals surface area contributed by atoms with E-state index in [1.54, 1.807) is 31.5 Å². The summed E-state index contributed by atoms with van der Waals surface area (Å²) in [6, 6.07) is 11.0. The molecule has 0 spiro atoms. The summed E-state index contributed by atoms with van der Waals surface area (Å²) in [6.07, 6.45) is 1.73. The Kier molecular flexibility index (Phi) is 4.37. The van der Waals surface area contributed by atoms with Gasteiger partial charge in [0.1, 0.15) is 11.3 Å². The number of ether oxygens (including phenoxy) is 2. The molecule has 3 aromatic rings. The molecule has 0 fully saturated rings. The summed E-state index contributed by atoms with van der Waals surface area (Å²) in [5, 5.41) is 2.83. The third-order valence-electron chi connectivity index (χ3n) is 3.65. The zero-order chi connectivity index (χ0) is 17.1. The molecule has 6 heteroatoms. The molecule has 1 N–H and O–H groups in total. The van der Waals surface area contributed by atoms with Crippen molar-refractivity contribution >= 4 is 17.2 Å². The SMILES string of the molecule is CCOc1ccc(NC(=O)c2cn3c(C)cccc3n2)cc1OC. The van der Waals surface area contributed by atoms with Crippen LogP contribution in [0, 0.1) is 6.92 Å². The van der Waals surface area contributed by atoms with Gasteiger partial charge in [0.15, 0.2) is 11.5 Å². The minimum absolute atomic E-state index is 0.274. The third kappa shape index (κ3) is 3.03. The number of nitrogens with zero attached hydrogens (tertiary/aromatic N) is 2. The van der Waals surface area contributed by atoms with Crippen LogP contribution in [-0.4, -0.2) is 29.0 Å². The molecule has 24 heavy (non-hydrogen) atoms. The fourth-order valence-corrected chi connectivity index (χ4v) is 2.47. The minimum atomic E-state index is -0.274. The van der Waals surface area contributed by atoms with Crippen LogP contribution in [0.2, 0.25) is 0 Å². The highest BCUT2D eigenvalue weighted by atomic mass is 16.5. The summed E-state index contributed by atoms with van der Waals surface area (Å²) in [5.74, 6) is 0.936. The van der Waals surface area contributed by atoms with E-state index in [0.717, 1.165) is 11.3 Å². The molecule has 2 heterocycles. The van der Waals surface area contributed by atoms with Gasteiger partial charge in [-0.05, 0) is 38.1 Å². The fraction of sp³-hybridized carbons (Fsp3) is 0.222. The van der Waals surface area contributed by atoms with E-state index in [4.69, 9.17) is 9.47 Å².